The molecule has 112 valence electrons. The largest absolute Gasteiger partial charge is 0.493 e. The zero-order valence-corrected chi connectivity index (χ0v) is 13.1. The maximum atomic E-state index is 6.40. The van der Waals surface area contributed by atoms with Gasteiger partial charge < -0.3 is 10.5 Å². The molecule has 1 aromatic carbocycles. The Morgan fingerprint density at radius 3 is 2.95 bits per heavy atom. The van der Waals surface area contributed by atoms with Crippen LogP contribution < -0.4 is 10.5 Å². The van der Waals surface area contributed by atoms with Crippen molar-refractivity contribution >= 4 is 11.6 Å². The van der Waals surface area contributed by atoms with Crippen molar-refractivity contribution in [1.29, 1.82) is 0 Å². The van der Waals surface area contributed by atoms with Gasteiger partial charge in [-0.15, -0.1) is 0 Å². The highest BCUT2D eigenvalue weighted by atomic mass is 35.5. The summed E-state index contributed by atoms with van der Waals surface area (Å²) in [4.78, 5) is 0. The van der Waals surface area contributed by atoms with E-state index in [1.54, 1.807) is 0 Å². The number of nitrogens with two attached hydrogens (primary N) is 1. The van der Waals surface area contributed by atoms with Crippen LogP contribution in [0.4, 0.5) is 0 Å². The van der Waals surface area contributed by atoms with Crippen molar-refractivity contribution in [2.24, 2.45) is 18.7 Å². The summed E-state index contributed by atoms with van der Waals surface area (Å²) >= 11 is 6.31. The fourth-order valence-corrected chi connectivity index (χ4v) is 3.16. The number of fused-ring (bicyclic) bond motifs is 1. The zero-order valence-electron chi connectivity index (χ0n) is 12.3. The minimum absolute atomic E-state index is 0.00524. The molecule has 2 N–H and O–H groups in total. The Labute approximate surface area is 129 Å². The Hall–Kier alpha value is -1.52. The summed E-state index contributed by atoms with van der Waals surface area (Å²) in [6.07, 6.45) is 1.66. The minimum atomic E-state index is 0.00524. The summed E-state index contributed by atoms with van der Waals surface area (Å²) in [5.74, 6) is 1.28. The second-order valence-electron chi connectivity index (χ2n) is 5.72. The smallest absolute Gasteiger partial charge is 0.122 e. The van der Waals surface area contributed by atoms with Crippen molar-refractivity contribution in [3.63, 3.8) is 0 Å². The minimum Gasteiger partial charge on any atom is -0.493 e. The first-order chi connectivity index (χ1) is 10.1. The van der Waals surface area contributed by atoms with Gasteiger partial charge in [0.2, 0.25) is 0 Å². The molecular weight excluding hydrogens is 286 g/mol. The first-order valence-corrected chi connectivity index (χ1v) is 7.58. The molecule has 0 radical (unpaired) electrons. The summed E-state index contributed by atoms with van der Waals surface area (Å²) in [6, 6.07) is 8.16. The van der Waals surface area contributed by atoms with Crippen molar-refractivity contribution in [3.05, 3.63) is 46.2 Å². The molecule has 1 aliphatic rings. The Kier molecular flexibility index (Phi) is 3.91. The van der Waals surface area contributed by atoms with Gasteiger partial charge in [0.25, 0.3) is 0 Å². The van der Waals surface area contributed by atoms with Crippen molar-refractivity contribution < 1.29 is 4.74 Å². The molecule has 2 heterocycles. The summed E-state index contributed by atoms with van der Waals surface area (Å²) in [6.45, 7) is 2.57. The van der Waals surface area contributed by atoms with Crippen LogP contribution in [0.3, 0.4) is 0 Å². The highest BCUT2D eigenvalue weighted by Crippen LogP contribution is 2.29. The highest BCUT2D eigenvalue weighted by Gasteiger charge is 2.26. The van der Waals surface area contributed by atoms with Gasteiger partial charge in [0, 0.05) is 25.4 Å². The molecule has 5 heteroatoms. The lowest BCUT2D eigenvalue weighted by Crippen LogP contribution is -2.39. The van der Waals surface area contributed by atoms with Crippen LogP contribution in [0.1, 0.15) is 17.0 Å². The number of benzene rings is 1. The number of nitrogens with zero attached hydrogens (tertiary/aromatic N) is 2. The van der Waals surface area contributed by atoms with Gasteiger partial charge in [-0.2, -0.15) is 5.10 Å². The molecule has 2 aromatic rings. The first-order valence-electron chi connectivity index (χ1n) is 7.20. The second-order valence-corrected chi connectivity index (χ2v) is 6.10. The third-order valence-electron chi connectivity index (χ3n) is 4.20. The molecule has 4 nitrogen and oxygen atoms in total. The van der Waals surface area contributed by atoms with Crippen LogP contribution in [0, 0.1) is 12.8 Å². The van der Waals surface area contributed by atoms with Gasteiger partial charge in [-0.1, -0.05) is 29.8 Å². The average Bonchev–Trinajstić information content (AvgIpc) is 2.73. The maximum absolute atomic E-state index is 6.40. The van der Waals surface area contributed by atoms with E-state index in [-0.39, 0.29) is 6.04 Å². The summed E-state index contributed by atoms with van der Waals surface area (Å²) in [5.41, 5.74) is 9.49. The van der Waals surface area contributed by atoms with Gasteiger partial charge in [-0.25, -0.2) is 0 Å². The van der Waals surface area contributed by atoms with Crippen LogP contribution in [0.25, 0.3) is 0 Å². The monoisotopic (exact) mass is 305 g/mol. The van der Waals surface area contributed by atoms with E-state index in [2.05, 4.69) is 11.2 Å². The third kappa shape index (κ3) is 2.78. The van der Waals surface area contributed by atoms with Gasteiger partial charge in [0.15, 0.2) is 0 Å². The predicted octanol–water partition coefficient (Wildman–Crippen LogP) is 2.50. The Bertz CT molecular complexity index is 653. The van der Waals surface area contributed by atoms with E-state index in [0.29, 0.717) is 18.9 Å². The van der Waals surface area contributed by atoms with E-state index in [9.17, 15) is 0 Å². The zero-order chi connectivity index (χ0) is 15.0. The van der Waals surface area contributed by atoms with Crippen molar-refractivity contribution in [1.82, 2.24) is 9.78 Å². The van der Waals surface area contributed by atoms with Crippen LogP contribution in [0.15, 0.2) is 24.3 Å². The van der Waals surface area contributed by atoms with E-state index in [1.165, 1.54) is 5.56 Å². The molecule has 1 aromatic heterocycles. The van der Waals surface area contributed by atoms with Gasteiger partial charge in [-0.05, 0) is 25.0 Å². The number of para-hydroxylation sites is 1. The lowest BCUT2D eigenvalue weighted by molar-refractivity contribution is 0.198. The fourth-order valence-electron chi connectivity index (χ4n) is 2.92. The van der Waals surface area contributed by atoms with Gasteiger partial charge in [0.1, 0.15) is 5.75 Å². The van der Waals surface area contributed by atoms with Crippen LogP contribution >= 0.6 is 11.6 Å². The molecule has 0 amide bonds. The molecule has 2 unspecified atom stereocenters. The molecule has 0 saturated heterocycles. The molecule has 0 spiro atoms. The number of halogens is 1. The van der Waals surface area contributed by atoms with Crippen LogP contribution in [0.2, 0.25) is 5.02 Å². The summed E-state index contributed by atoms with van der Waals surface area (Å²) < 4.78 is 7.65. The van der Waals surface area contributed by atoms with E-state index < -0.39 is 0 Å². The normalized spacial score (nSPS) is 19.0. The summed E-state index contributed by atoms with van der Waals surface area (Å²) in [5, 5.41) is 5.07. The number of ether oxygens (including phenoxy) is 1. The van der Waals surface area contributed by atoms with Crippen LogP contribution in [0.5, 0.6) is 5.75 Å². The third-order valence-corrected chi connectivity index (χ3v) is 4.70. The molecule has 1 aliphatic heterocycles. The SMILES string of the molecule is Cc1nn(C)c(CC(N)C2COc3ccccc3C2)c1Cl. The quantitative estimate of drug-likeness (QED) is 0.948. The van der Waals surface area contributed by atoms with E-state index >= 15 is 0 Å². The second kappa shape index (κ2) is 5.70. The van der Waals surface area contributed by atoms with Gasteiger partial charge in [0.05, 0.1) is 23.0 Å². The number of hydrogen-bond donors (Lipinski definition) is 1. The van der Waals surface area contributed by atoms with E-state index in [1.807, 2.05) is 36.9 Å². The Morgan fingerprint density at radius 1 is 1.48 bits per heavy atom. The molecular formula is C16H20ClN3O. The van der Waals surface area contributed by atoms with Crippen LogP contribution in [-0.2, 0) is 19.9 Å². The molecule has 0 bridgehead atoms. The first kappa shape index (κ1) is 14.4. The van der Waals surface area contributed by atoms with Crippen LogP contribution in [-0.4, -0.2) is 22.4 Å². The van der Waals surface area contributed by atoms with Crippen molar-refractivity contribution in [2.45, 2.75) is 25.8 Å². The topological polar surface area (TPSA) is 53.1 Å². The molecule has 0 aliphatic carbocycles. The summed E-state index contributed by atoms with van der Waals surface area (Å²) in [7, 11) is 1.91. The van der Waals surface area contributed by atoms with Gasteiger partial charge in [-0.3, -0.25) is 4.68 Å². The number of aromatic nitrogens is 2. The number of hydrogen-bond acceptors (Lipinski definition) is 3. The number of aryl methyl sites for hydroxylation is 2. The predicted molar refractivity (Wildman–Crippen MR) is 83.8 cm³/mol. The molecule has 0 fully saturated rings. The van der Waals surface area contributed by atoms with E-state index in [0.717, 1.165) is 28.6 Å². The van der Waals surface area contributed by atoms with Crippen molar-refractivity contribution in [3.8, 4) is 5.75 Å². The standard InChI is InChI=1S/C16H20ClN3O/c1-10-16(17)14(20(2)19-10)8-13(18)12-7-11-5-3-4-6-15(11)21-9-12/h3-6,12-13H,7-9,18H2,1-2H3. The van der Waals surface area contributed by atoms with E-state index in [4.69, 9.17) is 22.1 Å². The molecule has 3 rings (SSSR count). The number of rotatable bonds is 3. The Morgan fingerprint density at radius 2 is 2.24 bits per heavy atom. The average molecular weight is 306 g/mol. The lowest BCUT2D eigenvalue weighted by atomic mass is 9.88. The highest BCUT2D eigenvalue weighted by molar-refractivity contribution is 6.31. The fraction of sp³-hybridized carbons (Fsp3) is 0.438. The molecule has 2 atom stereocenters. The maximum Gasteiger partial charge on any atom is 0.122 e. The van der Waals surface area contributed by atoms with Crippen molar-refractivity contribution in [2.75, 3.05) is 6.61 Å². The molecule has 0 saturated carbocycles. The molecule has 21 heavy (non-hydrogen) atoms. The van der Waals surface area contributed by atoms with Gasteiger partial charge >= 0.3 is 0 Å². The Balaban J connectivity index is 1.73. The lowest BCUT2D eigenvalue weighted by Gasteiger charge is -2.29.